The number of para-hydroxylation sites is 2. The number of esters is 1. The van der Waals surface area contributed by atoms with E-state index in [4.69, 9.17) is 24.4 Å². The summed E-state index contributed by atoms with van der Waals surface area (Å²) in [7, 11) is 0. The molecule has 10 heteroatoms. The predicted octanol–water partition coefficient (Wildman–Crippen LogP) is 6.60. The zero-order valence-corrected chi connectivity index (χ0v) is 26.8. The zero-order valence-electron chi connectivity index (χ0n) is 26.8. The predicted molar refractivity (Wildman–Crippen MR) is 174 cm³/mol. The summed E-state index contributed by atoms with van der Waals surface area (Å²) < 4.78 is 15.0. The molecule has 0 radical (unpaired) electrons. The Bertz CT molecular complexity index is 1840. The van der Waals surface area contributed by atoms with Crippen molar-refractivity contribution in [2.45, 2.75) is 84.8 Å². The van der Waals surface area contributed by atoms with Crippen LogP contribution < -0.4 is 0 Å². The molecule has 0 fully saturated rings. The summed E-state index contributed by atoms with van der Waals surface area (Å²) in [4.78, 5) is 42.3. The number of aromatic nitrogens is 5. The molecule has 0 N–H and O–H groups in total. The third-order valence-corrected chi connectivity index (χ3v) is 8.13. The van der Waals surface area contributed by atoms with Crippen LogP contribution >= 0.6 is 0 Å². The van der Waals surface area contributed by atoms with Crippen LogP contribution in [0.3, 0.4) is 0 Å². The van der Waals surface area contributed by atoms with E-state index in [9.17, 15) is 9.59 Å². The quantitative estimate of drug-likeness (QED) is 0.170. The van der Waals surface area contributed by atoms with E-state index >= 15 is 0 Å². The summed E-state index contributed by atoms with van der Waals surface area (Å²) in [6.07, 6.45) is 6.14. The molecule has 1 atom stereocenters. The number of pyridine rings is 1. The van der Waals surface area contributed by atoms with Gasteiger partial charge in [-0.15, -0.1) is 0 Å². The summed E-state index contributed by atoms with van der Waals surface area (Å²) in [5.74, 6) is 0.897. The van der Waals surface area contributed by atoms with Crippen LogP contribution in [0.25, 0.3) is 11.0 Å². The average molecular weight is 621 g/mol. The van der Waals surface area contributed by atoms with Crippen LogP contribution in [0.4, 0.5) is 4.79 Å². The molecule has 0 spiro atoms. The monoisotopic (exact) mass is 620 g/mol. The smallest absolute Gasteiger partial charge is 0.420 e. The van der Waals surface area contributed by atoms with E-state index in [1.807, 2.05) is 81.7 Å². The Balaban J connectivity index is 1.43. The van der Waals surface area contributed by atoms with Gasteiger partial charge in [0, 0.05) is 32.4 Å². The summed E-state index contributed by atoms with van der Waals surface area (Å²) >= 11 is 0. The minimum atomic E-state index is -0.673. The fourth-order valence-corrected chi connectivity index (χ4v) is 6.12. The Morgan fingerprint density at radius 1 is 0.957 bits per heavy atom. The highest BCUT2D eigenvalue weighted by Gasteiger charge is 2.31. The van der Waals surface area contributed by atoms with Crippen LogP contribution in [0, 0.1) is 0 Å². The van der Waals surface area contributed by atoms with E-state index in [0.29, 0.717) is 36.8 Å². The molecule has 0 bridgehead atoms. The van der Waals surface area contributed by atoms with Crippen LogP contribution in [0.15, 0.2) is 79.1 Å². The summed E-state index contributed by atoms with van der Waals surface area (Å²) in [5.41, 5.74) is 5.09. The van der Waals surface area contributed by atoms with Gasteiger partial charge in [-0.3, -0.25) is 14.7 Å². The van der Waals surface area contributed by atoms with Crippen molar-refractivity contribution in [3.8, 4) is 0 Å². The molecule has 6 rings (SSSR count). The van der Waals surface area contributed by atoms with Crippen molar-refractivity contribution in [1.82, 2.24) is 29.0 Å². The molecule has 1 aliphatic carbocycles. The number of aryl methyl sites for hydroxylation is 1. The minimum Gasteiger partial charge on any atom is -0.458 e. The molecule has 46 heavy (non-hydrogen) atoms. The molecule has 238 valence electrons. The van der Waals surface area contributed by atoms with Gasteiger partial charge in [-0.25, -0.2) is 19.3 Å². The molecule has 0 aliphatic heterocycles. The topological polar surface area (TPSA) is 104 Å². The third-order valence-electron chi connectivity index (χ3n) is 8.13. The van der Waals surface area contributed by atoms with Gasteiger partial charge in [0.1, 0.15) is 23.9 Å². The van der Waals surface area contributed by atoms with Gasteiger partial charge >= 0.3 is 12.1 Å². The molecule has 1 aliphatic rings. The normalized spacial score (nSPS) is 14.8. The first-order chi connectivity index (χ1) is 22.2. The largest absolute Gasteiger partial charge is 0.458 e. The van der Waals surface area contributed by atoms with Crippen LogP contribution in [-0.4, -0.2) is 46.6 Å². The van der Waals surface area contributed by atoms with Gasteiger partial charge in [-0.1, -0.05) is 48.5 Å². The van der Waals surface area contributed by atoms with Crippen molar-refractivity contribution in [2.75, 3.05) is 0 Å². The number of ether oxygens (including phenoxy) is 2. The summed E-state index contributed by atoms with van der Waals surface area (Å²) in [6, 6.07) is 21.9. The lowest BCUT2D eigenvalue weighted by atomic mass is 9.90. The second-order valence-corrected chi connectivity index (χ2v) is 12.7. The fourth-order valence-electron chi connectivity index (χ4n) is 6.12. The lowest BCUT2D eigenvalue weighted by Crippen LogP contribution is -2.34. The maximum atomic E-state index is 13.7. The Kier molecular flexibility index (Phi) is 8.99. The van der Waals surface area contributed by atoms with Crippen molar-refractivity contribution in [1.29, 1.82) is 0 Å². The number of hydrogen-bond donors (Lipinski definition) is 0. The van der Waals surface area contributed by atoms with Crippen molar-refractivity contribution in [2.24, 2.45) is 0 Å². The van der Waals surface area contributed by atoms with Crippen molar-refractivity contribution < 1.29 is 19.1 Å². The number of fused-ring (bicyclic) bond motifs is 2. The second kappa shape index (κ2) is 13.3. The average Bonchev–Trinajstić information content (AvgIpc) is 3.59. The van der Waals surface area contributed by atoms with E-state index in [0.717, 1.165) is 41.7 Å². The van der Waals surface area contributed by atoms with Gasteiger partial charge in [0.15, 0.2) is 0 Å². The molecule has 0 saturated carbocycles. The lowest BCUT2D eigenvalue weighted by molar-refractivity contribution is -0.142. The van der Waals surface area contributed by atoms with Crippen LogP contribution in [-0.2, 0) is 46.9 Å². The van der Waals surface area contributed by atoms with Crippen molar-refractivity contribution >= 4 is 23.1 Å². The van der Waals surface area contributed by atoms with Gasteiger partial charge in [0.05, 0.1) is 35.0 Å². The van der Waals surface area contributed by atoms with E-state index in [2.05, 4.69) is 27.7 Å². The standard InChI is InChI=1S/C36H40N6O4/c1-25(43)45-24-33-38-20-28(41(33)21-26-12-6-5-7-13-26)22-40(31-18-10-14-27-15-11-19-37-34(27)31)23-32-39-29-16-8-9-17-30(29)42(32)35(44)46-36(2,3)4/h5-9,11-13,15-17,19-20,31H,10,14,18,21-24H2,1-4H3. The Morgan fingerprint density at radius 3 is 2.52 bits per heavy atom. The molecular weight excluding hydrogens is 580 g/mol. The summed E-state index contributed by atoms with van der Waals surface area (Å²) in [5, 5.41) is 0. The molecule has 1 unspecified atom stereocenters. The first kappa shape index (κ1) is 31.2. The highest BCUT2D eigenvalue weighted by molar-refractivity contribution is 5.87. The third kappa shape index (κ3) is 7.02. The van der Waals surface area contributed by atoms with E-state index in [1.165, 1.54) is 12.5 Å². The van der Waals surface area contributed by atoms with Gasteiger partial charge in [0.2, 0.25) is 0 Å². The Labute approximate surface area is 269 Å². The number of benzene rings is 2. The van der Waals surface area contributed by atoms with Gasteiger partial charge < -0.3 is 14.0 Å². The Morgan fingerprint density at radius 2 is 1.74 bits per heavy atom. The summed E-state index contributed by atoms with van der Waals surface area (Å²) in [6.45, 7) is 8.49. The highest BCUT2D eigenvalue weighted by Crippen LogP contribution is 2.35. The Hall–Kier alpha value is -4.83. The number of hydrogen-bond acceptors (Lipinski definition) is 8. The first-order valence-electron chi connectivity index (χ1n) is 15.7. The van der Waals surface area contributed by atoms with Crippen LogP contribution in [0.5, 0.6) is 0 Å². The molecule has 3 heterocycles. The number of carbonyl (C=O) groups excluding carboxylic acids is 2. The maximum Gasteiger partial charge on any atom is 0.420 e. The van der Waals surface area contributed by atoms with Crippen LogP contribution in [0.2, 0.25) is 0 Å². The number of carbonyl (C=O) groups is 2. The molecule has 2 aromatic carbocycles. The van der Waals surface area contributed by atoms with E-state index < -0.39 is 11.7 Å². The second-order valence-electron chi connectivity index (χ2n) is 12.7. The number of rotatable bonds is 9. The van der Waals surface area contributed by atoms with Gasteiger partial charge in [-0.2, -0.15) is 0 Å². The molecule has 0 saturated heterocycles. The van der Waals surface area contributed by atoms with Gasteiger partial charge in [0.25, 0.3) is 0 Å². The van der Waals surface area contributed by atoms with Crippen LogP contribution in [0.1, 0.15) is 80.7 Å². The van der Waals surface area contributed by atoms with Gasteiger partial charge in [-0.05, 0) is 69.4 Å². The minimum absolute atomic E-state index is 0.0196. The molecule has 3 aromatic heterocycles. The molecule has 5 aromatic rings. The number of imidazole rings is 2. The molecule has 0 amide bonds. The fraction of sp³-hybridized carbons (Fsp3) is 0.361. The van der Waals surface area contributed by atoms with Crippen molar-refractivity contribution in [3.63, 3.8) is 0 Å². The van der Waals surface area contributed by atoms with E-state index in [-0.39, 0.29) is 18.6 Å². The first-order valence-corrected chi connectivity index (χ1v) is 15.7. The molecule has 10 nitrogen and oxygen atoms in total. The lowest BCUT2D eigenvalue weighted by Gasteiger charge is -2.35. The van der Waals surface area contributed by atoms with Crippen molar-refractivity contribution in [3.05, 3.63) is 113 Å². The SMILES string of the molecule is CC(=O)OCc1ncc(CN(Cc2nc3ccccc3n2C(=O)OC(C)(C)C)C2CCCc3cccnc32)n1Cc1ccccc1. The van der Waals surface area contributed by atoms with E-state index in [1.54, 1.807) is 4.57 Å². The maximum absolute atomic E-state index is 13.7. The molecular formula is C36H40N6O4. The zero-order chi connectivity index (χ0) is 32.3. The highest BCUT2D eigenvalue weighted by atomic mass is 16.6. The number of nitrogens with zero attached hydrogens (tertiary/aromatic N) is 6.